The summed E-state index contributed by atoms with van der Waals surface area (Å²) in [5.41, 5.74) is -0.399. The number of rotatable bonds is 2. The van der Waals surface area contributed by atoms with Crippen LogP contribution >= 0.6 is 11.6 Å². The summed E-state index contributed by atoms with van der Waals surface area (Å²) in [6.07, 6.45) is 1.26. The molecule has 0 bridgehead atoms. The highest BCUT2D eigenvalue weighted by Crippen LogP contribution is 2.03. The molecule has 2 N–H and O–H groups in total. The lowest BCUT2D eigenvalue weighted by Crippen LogP contribution is -2.15. The van der Waals surface area contributed by atoms with E-state index in [0.29, 0.717) is 5.03 Å². The molecule has 0 fully saturated rings. The maximum absolute atomic E-state index is 10.8. The summed E-state index contributed by atoms with van der Waals surface area (Å²) in [4.78, 5) is 13.0. The van der Waals surface area contributed by atoms with Crippen LogP contribution < -0.4 is 5.69 Å². The van der Waals surface area contributed by atoms with E-state index in [1.165, 1.54) is 10.8 Å². The monoisotopic (exact) mass is 174 g/mol. The lowest BCUT2D eigenvalue weighted by atomic mass is 10.6. The quantitative estimate of drug-likeness (QED) is 0.691. The summed E-state index contributed by atoms with van der Waals surface area (Å²) in [6.45, 7) is 3.62. The van der Waals surface area contributed by atoms with E-state index in [9.17, 15) is 4.79 Å². The molecule has 1 aromatic heterocycles. The first-order valence-electron chi connectivity index (χ1n) is 2.91. The molecule has 0 aliphatic rings. The molecular weight excluding hydrogens is 168 g/mol. The average Bonchev–Trinajstić information content (AvgIpc) is 2.09. The fourth-order valence-corrected chi connectivity index (χ4v) is 0.851. The highest BCUT2D eigenvalue weighted by Gasteiger charge is 2.00. The summed E-state index contributed by atoms with van der Waals surface area (Å²) in [5.74, 6) is -0.173. The van der Waals surface area contributed by atoms with Crippen LogP contribution in [0.15, 0.2) is 22.6 Å². The SMILES string of the molecule is C=C(Cl)Cn1cc(O)[nH]c1=O. The standard InChI is InChI=1S/C6H7ClN2O2/c1-4(7)2-9-3-5(10)8-6(9)11/h3,10H,1-2H2,(H,8,11). The summed E-state index contributed by atoms with van der Waals surface area (Å²) in [5, 5.41) is 9.14. The third-order valence-electron chi connectivity index (χ3n) is 1.12. The van der Waals surface area contributed by atoms with Crippen LogP contribution in [0, 0.1) is 0 Å². The zero-order valence-electron chi connectivity index (χ0n) is 5.67. The van der Waals surface area contributed by atoms with Crippen molar-refractivity contribution in [2.45, 2.75) is 6.54 Å². The van der Waals surface area contributed by atoms with Gasteiger partial charge in [-0.05, 0) is 0 Å². The van der Waals surface area contributed by atoms with Gasteiger partial charge in [-0.1, -0.05) is 18.2 Å². The molecule has 0 spiro atoms. The zero-order valence-corrected chi connectivity index (χ0v) is 6.43. The molecule has 0 saturated heterocycles. The molecule has 1 rings (SSSR count). The van der Waals surface area contributed by atoms with E-state index in [2.05, 4.69) is 11.6 Å². The van der Waals surface area contributed by atoms with E-state index in [1.54, 1.807) is 0 Å². The third kappa shape index (κ3) is 1.88. The first-order chi connectivity index (χ1) is 5.09. The van der Waals surface area contributed by atoms with E-state index < -0.39 is 5.69 Å². The van der Waals surface area contributed by atoms with Gasteiger partial charge in [-0.15, -0.1) is 0 Å². The van der Waals surface area contributed by atoms with Gasteiger partial charge in [-0.3, -0.25) is 9.55 Å². The Morgan fingerprint density at radius 3 is 2.91 bits per heavy atom. The summed E-state index contributed by atoms with van der Waals surface area (Å²) in [6, 6.07) is 0. The van der Waals surface area contributed by atoms with Gasteiger partial charge in [0, 0.05) is 5.03 Å². The number of nitrogens with zero attached hydrogens (tertiary/aromatic N) is 1. The number of nitrogens with one attached hydrogen (secondary N) is 1. The summed E-state index contributed by atoms with van der Waals surface area (Å²) >= 11 is 5.44. The molecule has 1 heterocycles. The Kier molecular flexibility index (Phi) is 2.05. The highest BCUT2D eigenvalue weighted by molar-refractivity contribution is 6.29. The van der Waals surface area contributed by atoms with Crippen LogP contribution in [0.4, 0.5) is 0 Å². The predicted octanol–water partition coefficient (Wildman–Crippen LogP) is 0.635. The molecule has 0 aromatic carbocycles. The molecule has 5 heteroatoms. The van der Waals surface area contributed by atoms with Gasteiger partial charge in [0.15, 0.2) is 0 Å². The fourth-order valence-electron chi connectivity index (χ4n) is 0.722. The Morgan fingerprint density at radius 2 is 2.55 bits per heavy atom. The van der Waals surface area contributed by atoms with Gasteiger partial charge in [-0.25, -0.2) is 4.79 Å². The van der Waals surface area contributed by atoms with Crippen LogP contribution in [0.1, 0.15) is 0 Å². The van der Waals surface area contributed by atoms with Gasteiger partial charge in [0.2, 0.25) is 5.88 Å². The average molecular weight is 175 g/mol. The maximum Gasteiger partial charge on any atom is 0.328 e. The molecule has 0 atom stereocenters. The molecule has 0 aliphatic carbocycles. The van der Waals surface area contributed by atoms with E-state index >= 15 is 0 Å². The largest absolute Gasteiger partial charge is 0.493 e. The second-order valence-electron chi connectivity index (χ2n) is 2.09. The Balaban J connectivity index is 2.95. The number of hydrogen-bond acceptors (Lipinski definition) is 2. The second kappa shape index (κ2) is 2.84. The first-order valence-corrected chi connectivity index (χ1v) is 3.29. The number of halogens is 1. The van der Waals surface area contributed by atoms with Crippen molar-refractivity contribution in [2.75, 3.05) is 0 Å². The van der Waals surface area contributed by atoms with Gasteiger partial charge < -0.3 is 5.11 Å². The Labute approximate surface area is 67.7 Å². The number of hydrogen-bond donors (Lipinski definition) is 2. The normalized spacial score (nSPS) is 9.91. The number of aromatic hydroxyl groups is 1. The minimum atomic E-state index is -0.399. The highest BCUT2D eigenvalue weighted by atomic mass is 35.5. The second-order valence-corrected chi connectivity index (χ2v) is 2.62. The van der Waals surface area contributed by atoms with E-state index in [4.69, 9.17) is 16.7 Å². The third-order valence-corrected chi connectivity index (χ3v) is 1.24. The molecule has 0 radical (unpaired) electrons. The molecule has 1 aromatic rings. The molecule has 4 nitrogen and oxygen atoms in total. The van der Waals surface area contributed by atoms with Gasteiger partial charge >= 0.3 is 5.69 Å². The van der Waals surface area contributed by atoms with E-state index in [-0.39, 0.29) is 12.4 Å². The minimum Gasteiger partial charge on any atom is -0.493 e. The Morgan fingerprint density at radius 1 is 1.91 bits per heavy atom. The van der Waals surface area contributed by atoms with Gasteiger partial charge in [0.05, 0.1) is 12.7 Å². The predicted molar refractivity (Wildman–Crippen MR) is 41.7 cm³/mol. The number of imidazole rings is 1. The minimum absolute atomic E-state index is 0.173. The molecule has 0 aliphatic heterocycles. The lowest BCUT2D eigenvalue weighted by Gasteiger charge is -1.94. The molecule has 0 saturated carbocycles. The maximum atomic E-state index is 10.8. The van der Waals surface area contributed by atoms with E-state index in [1.807, 2.05) is 0 Å². The van der Waals surface area contributed by atoms with Crippen LogP contribution in [-0.4, -0.2) is 14.7 Å². The van der Waals surface area contributed by atoms with Crippen molar-refractivity contribution in [3.63, 3.8) is 0 Å². The van der Waals surface area contributed by atoms with Crippen LogP contribution in [0.3, 0.4) is 0 Å². The van der Waals surface area contributed by atoms with Gasteiger partial charge in [0.1, 0.15) is 0 Å². The number of H-pyrrole nitrogens is 1. The first kappa shape index (κ1) is 7.94. The van der Waals surface area contributed by atoms with Crippen LogP contribution in [0.5, 0.6) is 5.88 Å². The molecule has 0 amide bonds. The van der Waals surface area contributed by atoms with Crippen molar-refractivity contribution in [3.05, 3.63) is 28.3 Å². The Bertz CT molecular complexity index is 326. The van der Waals surface area contributed by atoms with Crippen molar-refractivity contribution in [1.82, 2.24) is 9.55 Å². The lowest BCUT2D eigenvalue weighted by molar-refractivity contribution is 0.455. The van der Waals surface area contributed by atoms with Crippen molar-refractivity contribution in [3.8, 4) is 5.88 Å². The van der Waals surface area contributed by atoms with Crippen LogP contribution in [0.25, 0.3) is 0 Å². The topological polar surface area (TPSA) is 58.0 Å². The summed E-state index contributed by atoms with van der Waals surface area (Å²) < 4.78 is 1.23. The van der Waals surface area contributed by atoms with Gasteiger partial charge in [0.25, 0.3) is 0 Å². The van der Waals surface area contributed by atoms with Crippen molar-refractivity contribution in [2.24, 2.45) is 0 Å². The number of aromatic nitrogens is 2. The summed E-state index contributed by atoms with van der Waals surface area (Å²) in [7, 11) is 0. The van der Waals surface area contributed by atoms with Crippen LogP contribution in [-0.2, 0) is 6.54 Å². The van der Waals surface area contributed by atoms with Crippen molar-refractivity contribution >= 4 is 11.6 Å². The Hall–Kier alpha value is -1.16. The fraction of sp³-hybridized carbons (Fsp3) is 0.167. The molecule has 0 unspecified atom stereocenters. The van der Waals surface area contributed by atoms with Crippen molar-refractivity contribution < 1.29 is 5.11 Å². The molecule has 60 valence electrons. The molecule has 11 heavy (non-hydrogen) atoms. The molecular formula is C6H7ClN2O2. The zero-order chi connectivity index (χ0) is 8.43. The smallest absolute Gasteiger partial charge is 0.328 e. The number of aromatic amines is 1. The van der Waals surface area contributed by atoms with E-state index in [0.717, 1.165) is 0 Å². The van der Waals surface area contributed by atoms with Crippen LogP contribution in [0.2, 0.25) is 0 Å². The van der Waals surface area contributed by atoms with Crippen molar-refractivity contribution in [1.29, 1.82) is 0 Å². The van der Waals surface area contributed by atoms with Gasteiger partial charge in [-0.2, -0.15) is 0 Å². The number of allylic oxidation sites excluding steroid dienone is 1.